The molecule has 0 unspecified atom stereocenters. The number of ether oxygens (including phenoxy) is 3. The van der Waals surface area contributed by atoms with Gasteiger partial charge in [-0.15, -0.1) is 0 Å². The van der Waals surface area contributed by atoms with Crippen LogP contribution in [0.2, 0.25) is 5.02 Å². The van der Waals surface area contributed by atoms with Crippen molar-refractivity contribution in [2.75, 3.05) is 13.2 Å². The third-order valence-corrected chi connectivity index (χ3v) is 6.24. The smallest absolute Gasteiger partial charge is 0.271 e. The van der Waals surface area contributed by atoms with E-state index in [1.54, 1.807) is 24.4 Å². The average Bonchev–Trinajstić information content (AvgIpc) is 2.84. The molecule has 0 spiro atoms. The van der Waals surface area contributed by atoms with Crippen molar-refractivity contribution in [2.45, 2.75) is 26.9 Å². The Hall–Kier alpha value is -2.55. The number of hydrogen-bond donors (Lipinski definition) is 1. The lowest BCUT2D eigenvalue weighted by Crippen LogP contribution is -2.17. The highest BCUT2D eigenvalue weighted by Gasteiger charge is 2.12. The van der Waals surface area contributed by atoms with E-state index in [0.717, 1.165) is 26.5 Å². The first-order valence-corrected chi connectivity index (χ1v) is 13.0. The number of carbonyl (C=O) groups excluding carboxylic acids is 1. The van der Waals surface area contributed by atoms with Crippen molar-refractivity contribution in [1.29, 1.82) is 0 Å². The van der Waals surface area contributed by atoms with Gasteiger partial charge >= 0.3 is 0 Å². The molecule has 0 fully saturated rings. The van der Waals surface area contributed by atoms with Gasteiger partial charge in [0, 0.05) is 16.1 Å². The molecule has 35 heavy (non-hydrogen) atoms. The number of halogens is 3. The molecular weight excluding hydrogens is 600 g/mol. The second kappa shape index (κ2) is 13.5. The molecule has 1 amide bonds. The molecule has 3 aromatic carbocycles. The average molecular weight is 625 g/mol. The van der Waals surface area contributed by atoms with Crippen molar-refractivity contribution in [2.24, 2.45) is 5.10 Å². The monoisotopic (exact) mass is 622 g/mol. The normalized spacial score (nSPS) is 10.9. The number of benzene rings is 3. The molecule has 9 heteroatoms. The zero-order valence-corrected chi connectivity index (χ0v) is 23.2. The summed E-state index contributed by atoms with van der Waals surface area (Å²) in [6.07, 6.45) is 2.43. The Bertz CT molecular complexity index is 1180. The van der Waals surface area contributed by atoms with Crippen molar-refractivity contribution in [1.82, 2.24) is 5.43 Å². The van der Waals surface area contributed by atoms with Gasteiger partial charge in [-0.1, -0.05) is 36.7 Å². The Morgan fingerprint density at radius 2 is 1.74 bits per heavy atom. The second-order valence-corrected chi connectivity index (χ2v) is 9.45. The topological polar surface area (TPSA) is 69.2 Å². The lowest BCUT2D eigenvalue weighted by molar-refractivity contribution is 0.0954. The summed E-state index contributed by atoms with van der Waals surface area (Å²) >= 11 is 13.3. The minimum Gasteiger partial charge on any atom is -0.490 e. The van der Waals surface area contributed by atoms with Crippen LogP contribution in [0, 0.1) is 0 Å². The van der Waals surface area contributed by atoms with Crippen molar-refractivity contribution >= 4 is 55.6 Å². The molecule has 0 aliphatic carbocycles. The fourth-order valence-corrected chi connectivity index (χ4v) is 4.68. The van der Waals surface area contributed by atoms with E-state index in [1.165, 1.54) is 0 Å². The van der Waals surface area contributed by atoms with Crippen LogP contribution in [0.5, 0.6) is 17.2 Å². The molecule has 6 nitrogen and oxygen atoms in total. The van der Waals surface area contributed by atoms with Gasteiger partial charge < -0.3 is 14.2 Å². The van der Waals surface area contributed by atoms with Gasteiger partial charge in [-0.3, -0.25) is 4.79 Å². The number of nitrogens with one attached hydrogen (secondary N) is 1. The van der Waals surface area contributed by atoms with Crippen molar-refractivity contribution in [3.63, 3.8) is 0 Å². The predicted molar refractivity (Wildman–Crippen MR) is 146 cm³/mol. The zero-order valence-electron chi connectivity index (χ0n) is 19.3. The van der Waals surface area contributed by atoms with Gasteiger partial charge in [0.05, 0.1) is 28.4 Å². The van der Waals surface area contributed by atoms with Crippen molar-refractivity contribution < 1.29 is 19.0 Å². The first kappa shape index (κ1) is 27.0. The van der Waals surface area contributed by atoms with E-state index in [2.05, 4.69) is 42.4 Å². The minimum atomic E-state index is -0.359. The fraction of sp³-hybridized carbons (Fsp3) is 0.231. The molecule has 0 saturated heterocycles. The van der Waals surface area contributed by atoms with Crippen LogP contribution in [0.1, 0.15) is 41.8 Å². The SMILES string of the molecule is CCCOc1ccc(C(=O)N/N=C/c2cc(Br)c(OCc3ccccc3Cl)c(Br)c2)cc1OCC. The van der Waals surface area contributed by atoms with Crippen molar-refractivity contribution in [3.05, 3.63) is 85.3 Å². The fourth-order valence-electron chi connectivity index (χ4n) is 3.04. The number of rotatable bonds is 11. The van der Waals surface area contributed by atoms with Crippen LogP contribution in [0.4, 0.5) is 0 Å². The van der Waals surface area contributed by atoms with Crippen LogP contribution in [-0.2, 0) is 6.61 Å². The van der Waals surface area contributed by atoms with Gasteiger partial charge in [0.2, 0.25) is 0 Å². The number of hydrogen-bond acceptors (Lipinski definition) is 5. The lowest BCUT2D eigenvalue weighted by atomic mass is 10.2. The highest BCUT2D eigenvalue weighted by Crippen LogP contribution is 2.35. The van der Waals surface area contributed by atoms with E-state index in [9.17, 15) is 4.79 Å². The first-order chi connectivity index (χ1) is 16.9. The van der Waals surface area contributed by atoms with E-state index >= 15 is 0 Å². The molecule has 0 radical (unpaired) electrons. The van der Waals surface area contributed by atoms with Crippen LogP contribution in [-0.4, -0.2) is 25.3 Å². The van der Waals surface area contributed by atoms with Gasteiger partial charge in [-0.25, -0.2) is 5.43 Å². The minimum absolute atomic E-state index is 0.326. The summed E-state index contributed by atoms with van der Waals surface area (Å²) in [5.41, 5.74) is 4.60. The van der Waals surface area contributed by atoms with E-state index < -0.39 is 0 Å². The molecule has 184 valence electrons. The number of carbonyl (C=O) groups is 1. The highest BCUT2D eigenvalue weighted by molar-refractivity contribution is 9.11. The summed E-state index contributed by atoms with van der Waals surface area (Å²) in [7, 11) is 0. The third kappa shape index (κ3) is 7.72. The maximum Gasteiger partial charge on any atom is 0.271 e. The summed E-state index contributed by atoms with van der Waals surface area (Å²) in [5, 5.41) is 4.73. The maximum absolute atomic E-state index is 12.6. The number of hydrazone groups is 1. The molecule has 0 heterocycles. The van der Waals surface area contributed by atoms with Gasteiger partial charge in [0.1, 0.15) is 12.4 Å². The van der Waals surface area contributed by atoms with Crippen LogP contribution in [0.25, 0.3) is 0 Å². The largest absolute Gasteiger partial charge is 0.490 e. The Balaban J connectivity index is 1.65. The van der Waals surface area contributed by atoms with E-state index in [4.69, 9.17) is 25.8 Å². The third-order valence-electron chi connectivity index (χ3n) is 4.70. The molecule has 0 aliphatic rings. The van der Waals surface area contributed by atoms with Gasteiger partial charge in [0.25, 0.3) is 5.91 Å². The standard InChI is InChI=1S/C26H25Br2ClN2O4/c1-3-11-34-23-10-9-18(14-24(23)33-4-2)26(32)31-30-15-17-12-20(27)25(21(28)13-17)35-16-19-7-5-6-8-22(19)29/h5-10,12-15H,3-4,11,16H2,1-2H3,(H,31,32)/b30-15+. The first-order valence-electron chi connectivity index (χ1n) is 11.0. The molecular formula is C26H25Br2ClN2O4. The highest BCUT2D eigenvalue weighted by atomic mass is 79.9. The Morgan fingerprint density at radius 1 is 1.00 bits per heavy atom. The van der Waals surface area contributed by atoms with Gasteiger partial charge in [0.15, 0.2) is 11.5 Å². The molecule has 0 saturated carbocycles. The summed E-state index contributed by atoms with van der Waals surface area (Å²) < 4.78 is 18.7. The van der Waals surface area contributed by atoms with Crippen LogP contribution >= 0.6 is 43.5 Å². The summed E-state index contributed by atoms with van der Waals surface area (Å²) in [6.45, 7) is 5.27. The maximum atomic E-state index is 12.6. The predicted octanol–water partition coefficient (Wildman–Crippen LogP) is 7.40. The quantitative estimate of drug-likeness (QED) is 0.178. The molecule has 3 rings (SSSR count). The number of amides is 1. The molecule has 0 bridgehead atoms. The van der Waals surface area contributed by atoms with Crippen LogP contribution in [0.15, 0.2) is 68.6 Å². The van der Waals surface area contributed by atoms with Crippen LogP contribution < -0.4 is 19.6 Å². The second-order valence-electron chi connectivity index (χ2n) is 7.34. The van der Waals surface area contributed by atoms with Crippen LogP contribution in [0.3, 0.4) is 0 Å². The summed E-state index contributed by atoms with van der Waals surface area (Å²) in [4.78, 5) is 12.6. The number of nitrogens with zero attached hydrogens (tertiary/aromatic N) is 1. The van der Waals surface area contributed by atoms with E-state index in [1.807, 2.05) is 50.2 Å². The summed E-state index contributed by atoms with van der Waals surface area (Å²) in [5.74, 6) is 1.42. The zero-order chi connectivity index (χ0) is 25.2. The molecule has 0 aromatic heterocycles. The van der Waals surface area contributed by atoms with Crippen molar-refractivity contribution in [3.8, 4) is 17.2 Å². The Labute approximate surface area is 226 Å². The molecule has 0 aliphatic heterocycles. The van der Waals surface area contributed by atoms with E-state index in [-0.39, 0.29) is 5.91 Å². The lowest BCUT2D eigenvalue weighted by Gasteiger charge is -2.12. The molecule has 3 aromatic rings. The molecule has 1 N–H and O–H groups in total. The summed E-state index contributed by atoms with van der Waals surface area (Å²) in [6, 6.07) is 16.3. The van der Waals surface area contributed by atoms with Gasteiger partial charge in [-0.2, -0.15) is 5.10 Å². The van der Waals surface area contributed by atoms with E-state index in [0.29, 0.717) is 47.7 Å². The Kier molecular flexibility index (Phi) is 10.4. The van der Waals surface area contributed by atoms with Gasteiger partial charge in [-0.05, 0) is 87.2 Å². The Morgan fingerprint density at radius 3 is 2.43 bits per heavy atom. The molecule has 0 atom stereocenters.